The molecule has 10 N–H and O–H groups in total. The monoisotopic (exact) mass is 454 g/mol. The molecule has 0 aliphatic rings. The molecule has 0 saturated heterocycles. The van der Waals surface area contributed by atoms with Crippen LogP contribution < -0.4 is 33.0 Å². The number of ether oxygens (including phenoxy) is 1. The third-order valence-electron chi connectivity index (χ3n) is 4.02. The number of hydrogen-bond donors (Lipinski definition) is 6. The molecule has 1 amide bonds. The smallest absolute Gasteiger partial charge is 0.269 e. The van der Waals surface area contributed by atoms with Gasteiger partial charge in [-0.3, -0.25) is 14.8 Å². The molecular formula is C19H31ClN8O3. The molecule has 12 heteroatoms. The van der Waals surface area contributed by atoms with Gasteiger partial charge in [-0.05, 0) is 43.4 Å². The Bertz CT molecular complexity index is 790. The molecule has 0 aliphatic heterocycles. The molecule has 0 radical (unpaired) electrons. The zero-order valence-corrected chi connectivity index (χ0v) is 18.1. The zero-order valence-electron chi connectivity index (χ0n) is 17.4. The molecule has 0 bridgehead atoms. The fourth-order valence-electron chi connectivity index (χ4n) is 2.48. The second kappa shape index (κ2) is 14.7. The van der Waals surface area contributed by atoms with Gasteiger partial charge in [-0.25, -0.2) is 0 Å². The summed E-state index contributed by atoms with van der Waals surface area (Å²) in [7, 11) is 0. The number of halogens is 1. The number of unbranched alkanes of at least 4 members (excludes halogenated alkanes) is 2. The van der Waals surface area contributed by atoms with Gasteiger partial charge in [0.15, 0.2) is 11.9 Å². The number of oxime groups is 1. The molecule has 0 aliphatic carbocycles. The summed E-state index contributed by atoms with van der Waals surface area (Å²) in [5.74, 6) is 0.181. The van der Waals surface area contributed by atoms with E-state index < -0.39 is 5.91 Å². The van der Waals surface area contributed by atoms with Gasteiger partial charge in [0.05, 0.1) is 11.6 Å². The first-order valence-electron chi connectivity index (χ1n) is 9.84. The summed E-state index contributed by atoms with van der Waals surface area (Å²) in [6, 6.07) is 5.14. The number of benzene rings is 1. The van der Waals surface area contributed by atoms with E-state index >= 15 is 0 Å². The predicted octanol–water partition coefficient (Wildman–Crippen LogP) is 0.315. The van der Waals surface area contributed by atoms with Crippen molar-refractivity contribution in [3.05, 3.63) is 28.8 Å². The summed E-state index contributed by atoms with van der Waals surface area (Å²) in [5, 5.41) is 15.4. The van der Waals surface area contributed by atoms with E-state index in [2.05, 4.69) is 20.5 Å². The third-order valence-corrected chi connectivity index (χ3v) is 4.32. The number of rotatable bonds is 14. The highest BCUT2D eigenvalue weighted by atomic mass is 35.5. The van der Waals surface area contributed by atoms with Crippen LogP contribution in [0, 0.1) is 0 Å². The molecule has 1 rings (SSSR count). The van der Waals surface area contributed by atoms with Crippen molar-refractivity contribution >= 4 is 35.1 Å². The zero-order chi connectivity index (χ0) is 23.1. The average Bonchev–Trinajstić information content (AvgIpc) is 2.71. The van der Waals surface area contributed by atoms with Crippen molar-refractivity contribution < 1.29 is 14.7 Å². The molecule has 0 atom stereocenters. The van der Waals surface area contributed by atoms with Crippen LogP contribution in [0.4, 0.5) is 0 Å². The second-order valence-corrected chi connectivity index (χ2v) is 7.03. The van der Waals surface area contributed by atoms with Gasteiger partial charge in [-0.1, -0.05) is 22.8 Å². The Morgan fingerprint density at radius 2 is 1.68 bits per heavy atom. The number of amides is 1. The summed E-state index contributed by atoms with van der Waals surface area (Å²) in [6.07, 6.45) is 3.07. The Hall–Kier alpha value is -3.21. The van der Waals surface area contributed by atoms with Crippen molar-refractivity contribution in [2.45, 2.75) is 32.1 Å². The summed E-state index contributed by atoms with van der Waals surface area (Å²) < 4.78 is 5.65. The van der Waals surface area contributed by atoms with Gasteiger partial charge >= 0.3 is 0 Å². The van der Waals surface area contributed by atoms with Crippen LogP contribution in [-0.2, 0) is 11.2 Å². The second-order valence-electron chi connectivity index (χ2n) is 6.62. The normalized spacial score (nSPS) is 10.9. The minimum Gasteiger partial charge on any atom is -0.492 e. The molecule has 0 aromatic heterocycles. The van der Waals surface area contributed by atoms with Crippen LogP contribution in [0.25, 0.3) is 0 Å². The number of guanidine groups is 2. The molecule has 1 aromatic carbocycles. The molecule has 0 saturated carbocycles. The maximum absolute atomic E-state index is 12.2. The molecule has 1 aromatic rings. The van der Waals surface area contributed by atoms with Crippen molar-refractivity contribution in [2.24, 2.45) is 38.1 Å². The molecule has 31 heavy (non-hydrogen) atoms. The first-order valence-corrected chi connectivity index (χ1v) is 10.2. The quantitative estimate of drug-likeness (QED) is 0.0762. The van der Waals surface area contributed by atoms with Crippen LogP contribution in [-0.4, -0.2) is 55.0 Å². The average molecular weight is 455 g/mol. The van der Waals surface area contributed by atoms with Crippen LogP contribution in [0.3, 0.4) is 0 Å². The maximum atomic E-state index is 12.2. The summed E-state index contributed by atoms with van der Waals surface area (Å²) in [6.45, 7) is 1.91. The lowest BCUT2D eigenvalue weighted by Gasteiger charge is -2.10. The highest BCUT2D eigenvalue weighted by Gasteiger charge is 2.14. The largest absolute Gasteiger partial charge is 0.492 e. The molecule has 172 valence electrons. The highest BCUT2D eigenvalue weighted by Crippen LogP contribution is 2.26. The van der Waals surface area contributed by atoms with Crippen molar-refractivity contribution in [2.75, 3.05) is 26.2 Å². The van der Waals surface area contributed by atoms with Crippen LogP contribution >= 0.6 is 11.6 Å². The van der Waals surface area contributed by atoms with Gasteiger partial charge in [-0.15, -0.1) is 0 Å². The summed E-state index contributed by atoms with van der Waals surface area (Å²) >= 11 is 6.26. The van der Waals surface area contributed by atoms with Crippen molar-refractivity contribution in [3.63, 3.8) is 0 Å². The van der Waals surface area contributed by atoms with E-state index in [9.17, 15) is 10.0 Å². The van der Waals surface area contributed by atoms with Crippen LogP contribution in [0.1, 0.15) is 31.2 Å². The van der Waals surface area contributed by atoms with E-state index in [0.29, 0.717) is 49.0 Å². The van der Waals surface area contributed by atoms with E-state index in [-0.39, 0.29) is 24.1 Å². The summed E-state index contributed by atoms with van der Waals surface area (Å²) in [5.41, 5.74) is 21.7. The Labute approximate surface area is 186 Å². The van der Waals surface area contributed by atoms with E-state index in [1.165, 1.54) is 0 Å². The van der Waals surface area contributed by atoms with E-state index in [0.717, 1.165) is 19.3 Å². The van der Waals surface area contributed by atoms with Gasteiger partial charge in [0.2, 0.25) is 0 Å². The van der Waals surface area contributed by atoms with Gasteiger partial charge in [0.25, 0.3) is 5.91 Å². The SMILES string of the molecule is NC(N)=NCCCCNC(=O)/C(Cc1ccc(OCCCCN=C(N)N)c(Cl)c1)=N/O. The lowest BCUT2D eigenvalue weighted by molar-refractivity contribution is -0.115. The van der Waals surface area contributed by atoms with Gasteiger partial charge in [0, 0.05) is 26.1 Å². The topological polar surface area (TPSA) is 200 Å². The molecule has 0 heterocycles. The first kappa shape index (κ1) is 25.8. The van der Waals surface area contributed by atoms with Gasteiger partial charge in [-0.2, -0.15) is 0 Å². The number of hydrogen-bond acceptors (Lipinski definition) is 6. The van der Waals surface area contributed by atoms with Gasteiger partial charge < -0.3 is 38.2 Å². The highest BCUT2D eigenvalue weighted by molar-refractivity contribution is 6.39. The first-order chi connectivity index (χ1) is 14.8. The maximum Gasteiger partial charge on any atom is 0.269 e. The van der Waals surface area contributed by atoms with E-state index in [1.54, 1.807) is 18.2 Å². The Morgan fingerprint density at radius 3 is 2.26 bits per heavy atom. The van der Waals surface area contributed by atoms with E-state index in [4.69, 9.17) is 39.3 Å². The number of carbonyl (C=O) groups excluding carboxylic acids is 1. The van der Waals surface area contributed by atoms with Crippen LogP contribution in [0.5, 0.6) is 5.75 Å². The predicted molar refractivity (Wildman–Crippen MR) is 123 cm³/mol. The Balaban J connectivity index is 2.44. The number of nitrogens with two attached hydrogens (primary N) is 4. The number of nitrogens with zero attached hydrogens (tertiary/aromatic N) is 3. The Kier molecular flexibility index (Phi) is 12.3. The molecule has 0 spiro atoms. The van der Waals surface area contributed by atoms with Crippen molar-refractivity contribution in [3.8, 4) is 5.75 Å². The van der Waals surface area contributed by atoms with Crippen molar-refractivity contribution in [1.29, 1.82) is 0 Å². The number of nitrogens with one attached hydrogen (secondary N) is 1. The lowest BCUT2D eigenvalue weighted by atomic mass is 10.1. The third kappa shape index (κ3) is 11.5. The number of aliphatic imine (C=N–C) groups is 2. The molecule has 11 nitrogen and oxygen atoms in total. The standard InChI is InChI=1S/C19H31ClN8O3/c20-14-11-13(5-6-16(14)31-10-4-3-9-27-19(23)24)12-15(28-30)17(29)25-7-1-2-8-26-18(21)22/h5-6,11,30H,1-4,7-10,12H2,(H,25,29)(H4,21,22,26)(H4,23,24,27)/b28-15+. The fraction of sp³-hybridized carbons (Fsp3) is 0.474. The van der Waals surface area contributed by atoms with E-state index in [1.807, 2.05) is 0 Å². The Morgan fingerprint density at radius 1 is 1.03 bits per heavy atom. The molecule has 0 fully saturated rings. The van der Waals surface area contributed by atoms with Crippen LogP contribution in [0.2, 0.25) is 5.02 Å². The molecular weight excluding hydrogens is 424 g/mol. The van der Waals surface area contributed by atoms with Crippen LogP contribution in [0.15, 0.2) is 33.3 Å². The lowest BCUT2D eigenvalue weighted by Crippen LogP contribution is -2.33. The minimum absolute atomic E-state index is 0.0197. The van der Waals surface area contributed by atoms with Gasteiger partial charge in [0.1, 0.15) is 11.5 Å². The minimum atomic E-state index is -0.457. The number of carbonyl (C=O) groups is 1. The molecule has 0 unspecified atom stereocenters. The van der Waals surface area contributed by atoms with Crippen molar-refractivity contribution in [1.82, 2.24) is 5.32 Å². The fourth-order valence-corrected chi connectivity index (χ4v) is 2.74. The summed E-state index contributed by atoms with van der Waals surface area (Å²) in [4.78, 5) is 19.9.